The van der Waals surface area contributed by atoms with Crippen LogP contribution in [0.5, 0.6) is 11.5 Å². The van der Waals surface area contributed by atoms with Gasteiger partial charge in [-0.05, 0) is 25.1 Å². The summed E-state index contributed by atoms with van der Waals surface area (Å²) in [6.07, 6.45) is 3.49. The number of hydroxylamine groups is 1. The SMILES string of the molecule is CCCC/[N+]([O-])=C/c1ccc(OCC)c(OC)c1. The van der Waals surface area contributed by atoms with Crippen LogP contribution in [0, 0.1) is 5.21 Å². The van der Waals surface area contributed by atoms with Crippen LogP contribution in [0.3, 0.4) is 0 Å². The van der Waals surface area contributed by atoms with Gasteiger partial charge in [-0.1, -0.05) is 13.3 Å². The first-order valence-electron chi connectivity index (χ1n) is 6.30. The molecule has 0 bridgehead atoms. The van der Waals surface area contributed by atoms with Crippen molar-refractivity contribution in [2.24, 2.45) is 0 Å². The maximum atomic E-state index is 11.6. The Morgan fingerprint density at radius 2 is 2.06 bits per heavy atom. The molecule has 1 rings (SSSR count). The van der Waals surface area contributed by atoms with E-state index >= 15 is 0 Å². The molecule has 0 saturated heterocycles. The fourth-order valence-corrected chi connectivity index (χ4v) is 1.58. The summed E-state index contributed by atoms with van der Waals surface area (Å²) in [5.41, 5.74) is 0.821. The molecule has 0 spiro atoms. The van der Waals surface area contributed by atoms with E-state index in [-0.39, 0.29) is 0 Å². The van der Waals surface area contributed by atoms with Gasteiger partial charge in [0.05, 0.1) is 13.7 Å². The highest BCUT2D eigenvalue weighted by molar-refractivity contribution is 5.77. The lowest BCUT2D eigenvalue weighted by atomic mass is 10.2. The Labute approximate surface area is 108 Å². The van der Waals surface area contributed by atoms with Gasteiger partial charge in [-0.2, -0.15) is 0 Å². The molecule has 1 aromatic carbocycles. The van der Waals surface area contributed by atoms with Gasteiger partial charge in [0.25, 0.3) is 0 Å². The lowest BCUT2D eigenvalue weighted by Crippen LogP contribution is -2.07. The number of nitrogens with zero attached hydrogens (tertiary/aromatic N) is 1. The van der Waals surface area contributed by atoms with Crippen molar-refractivity contribution in [1.29, 1.82) is 0 Å². The summed E-state index contributed by atoms with van der Waals surface area (Å²) in [5, 5.41) is 11.6. The Morgan fingerprint density at radius 1 is 1.28 bits per heavy atom. The molecule has 0 radical (unpaired) electrons. The zero-order chi connectivity index (χ0) is 13.4. The third-order valence-electron chi connectivity index (χ3n) is 2.51. The first kappa shape index (κ1) is 14.4. The highest BCUT2D eigenvalue weighted by Gasteiger charge is 2.05. The maximum absolute atomic E-state index is 11.6. The summed E-state index contributed by atoms with van der Waals surface area (Å²) in [6.45, 7) is 5.09. The van der Waals surface area contributed by atoms with Crippen molar-refractivity contribution < 1.29 is 14.2 Å². The molecule has 0 atom stereocenters. The molecule has 100 valence electrons. The zero-order valence-corrected chi connectivity index (χ0v) is 11.3. The second kappa shape index (κ2) is 7.58. The number of unbranched alkanes of at least 4 members (excludes halogenated alkanes) is 1. The van der Waals surface area contributed by atoms with Gasteiger partial charge < -0.3 is 14.7 Å². The number of hydrogen-bond acceptors (Lipinski definition) is 3. The van der Waals surface area contributed by atoms with Crippen molar-refractivity contribution in [3.63, 3.8) is 0 Å². The van der Waals surface area contributed by atoms with Gasteiger partial charge in [-0.3, -0.25) is 0 Å². The molecule has 0 amide bonds. The van der Waals surface area contributed by atoms with Crippen molar-refractivity contribution >= 4 is 6.21 Å². The van der Waals surface area contributed by atoms with E-state index in [1.807, 2.05) is 25.1 Å². The monoisotopic (exact) mass is 251 g/mol. The van der Waals surface area contributed by atoms with Gasteiger partial charge in [-0.25, -0.2) is 4.74 Å². The quantitative estimate of drug-likeness (QED) is 0.324. The fraction of sp³-hybridized carbons (Fsp3) is 0.500. The average Bonchev–Trinajstić information content (AvgIpc) is 2.38. The fourth-order valence-electron chi connectivity index (χ4n) is 1.58. The van der Waals surface area contributed by atoms with E-state index in [1.165, 1.54) is 0 Å². The Kier molecular flexibility index (Phi) is 6.05. The van der Waals surface area contributed by atoms with Crippen molar-refractivity contribution in [3.05, 3.63) is 29.0 Å². The van der Waals surface area contributed by atoms with Gasteiger partial charge in [0.1, 0.15) is 0 Å². The zero-order valence-electron chi connectivity index (χ0n) is 11.3. The third-order valence-corrected chi connectivity index (χ3v) is 2.51. The molecule has 0 unspecified atom stereocenters. The van der Waals surface area contributed by atoms with Crippen LogP contribution < -0.4 is 9.47 Å². The van der Waals surface area contributed by atoms with E-state index in [2.05, 4.69) is 6.92 Å². The number of rotatable bonds is 7. The van der Waals surface area contributed by atoms with Crippen LogP contribution in [-0.4, -0.2) is 31.2 Å². The molecule has 0 aliphatic carbocycles. The van der Waals surface area contributed by atoms with Gasteiger partial charge in [0.15, 0.2) is 24.3 Å². The summed E-state index contributed by atoms with van der Waals surface area (Å²) >= 11 is 0. The molecule has 1 aromatic rings. The van der Waals surface area contributed by atoms with Gasteiger partial charge >= 0.3 is 0 Å². The summed E-state index contributed by atoms with van der Waals surface area (Å²) < 4.78 is 11.6. The first-order valence-corrected chi connectivity index (χ1v) is 6.30. The smallest absolute Gasteiger partial charge is 0.181 e. The summed E-state index contributed by atoms with van der Waals surface area (Å²) in [5.74, 6) is 1.35. The molecule has 18 heavy (non-hydrogen) atoms. The van der Waals surface area contributed by atoms with Crippen molar-refractivity contribution in [3.8, 4) is 11.5 Å². The molecule has 0 fully saturated rings. The molecule has 0 aromatic heterocycles. The molecular formula is C14H21NO3. The number of hydrogen-bond donors (Lipinski definition) is 0. The Hall–Kier alpha value is -1.71. The van der Waals surface area contributed by atoms with Crippen LogP contribution >= 0.6 is 0 Å². The number of ether oxygens (including phenoxy) is 2. The van der Waals surface area contributed by atoms with Crippen LogP contribution in [0.1, 0.15) is 32.3 Å². The molecule has 0 heterocycles. The van der Waals surface area contributed by atoms with Crippen molar-refractivity contribution in [2.45, 2.75) is 26.7 Å². The average molecular weight is 251 g/mol. The molecule has 4 nitrogen and oxygen atoms in total. The van der Waals surface area contributed by atoms with Crippen molar-refractivity contribution in [2.75, 3.05) is 20.3 Å². The van der Waals surface area contributed by atoms with E-state index in [9.17, 15) is 5.21 Å². The molecule has 0 N–H and O–H groups in total. The van der Waals surface area contributed by atoms with E-state index < -0.39 is 0 Å². The van der Waals surface area contributed by atoms with Crippen LogP contribution in [0.2, 0.25) is 0 Å². The Bertz CT molecular complexity index is 402. The van der Waals surface area contributed by atoms with Gasteiger partial charge in [0.2, 0.25) is 0 Å². The predicted octanol–water partition coefficient (Wildman–Crippen LogP) is 2.82. The minimum Gasteiger partial charge on any atom is -0.624 e. The molecule has 0 saturated carbocycles. The topological polar surface area (TPSA) is 44.5 Å². The lowest BCUT2D eigenvalue weighted by molar-refractivity contribution is -0.452. The van der Waals surface area contributed by atoms with Crippen LogP contribution in [-0.2, 0) is 0 Å². The second-order valence-corrected chi connectivity index (χ2v) is 3.97. The molecular weight excluding hydrogens is 230 g/mol. The van der Waals surface area contributed by atoms with E-state index in [1.54, 1.807) is 13.3 Å². The summed E-state index contributed by atoms with van der Waals surface area (Å²) in [6, 6.07) is 5.48. The first-order chi connectivity index (χ1) is 8.71. The lowest BCUT2D eigenvalue weighted by Gasteiger charge is -2.09. The molecule has 0 aliphatic rings. The number of benzene rings is 1. The highest BCUT2D eigenvalue weighted by Crippen LogP contribution is 2.27. The van der Waals surface area contributed by atoms with Crippen LogP contribution in [0.15, 0.2) is 18.2 Å². The summed E-state index contributed by atoms with van der Waals surface area (Å²) in [7, 11) is 1.59. The predicted molar refractivity (Wildman–Crippen MR) is 72.7 cm³/mol. The minimum absolute atomic E-state index is 0.520. The van der Waals surface area contributed by atoms with E-state index in [4.69, 9.17) is 9.47 Å². The maximum Gasteiger partial charge on any atom is 0.181 e. The standard InChI is InChI=1S/C14H21NO3/c1-4-6-9-15(16)11-12-7-8-13(18-5-2)14(10-12)17-3/h7-8,10-11H,4-6,9H2,1-3H3/b15-11-. The molecule has 4 heteroatoms. The molecule has 0 aliphatic heterocycles. The third kappa shape index (κ3) is 4.28. The minimum atomic E-state index is 0.520. The largest absolute Gasteiger partial charge is 0.624 e. The van der Waals surface area contributed by atoms with Gasteiger partial charge in [-0.15, -0.1) is 0 Å². The normalized spacial score (nSPS) is 11.4. The van der Waals surface area contributed by atoms with E-state index in [0.29, 0.717) is 24.7 Å². The van der Waals surface area contributed by atoms with Crippen LogP contribution in [0.4, 0.5) is 0 Å². The Morgan fingerprint density at radius 3 is 2.67 bits per heavy atom. The Balaban J connectivity index is 2.84. The van der Waals surface area contributed by atoms with E-state index in [0.717, 1.165) is 23.1 Å². The highest BCUT2D eigenvalue weighted by atomic mass is 16.5. The summed E-state index contributed by atoms with van der Waals surface area (Å²) in [4.78, 5) is 0. The number of methoxy groups -OCH3 is 1. The van der Waals surface area contributed by atoms with Crippen molar-refractivity contribution in [1.82, 2.24) is 0 Å². The van der Waals surface area contributed by atoms with Gasteiger partial charge in [0, 0.05) is 12.0 Å². The second-order valence-electron chi connectivity index (χ2n) is 3.97. The van der Waals surface area contributed by atoms with Crippen LogP contribution in [0.25, 0.3) is 0 Å².